The van der Waals surface area contributed by atoms with Crippen LogP contribution < -0.4 is 5.32 Å². The van der Waals surface area contributed by atoms with Crippen molar-refractivity contribution in [3.05, 3.63) is 35.4 Å². The number of rotatable bonds is 8. The normalized spacial score (nSPS) is 12.0. The summed E-state index contributed by atoms with van der Waals surface area (Å²) in [5.41, 5.74) is 0.102. The summed E-state index contributed by atoms with van der Waals surface area (Å²) in [4.78, 5) is 22.7. The van der Waals surface area contributed by atoms with Crippen molar-refractivity contribution in [1.82, 2.24) is 5.32 Å². The summed E-state index contributed by atoms with van der Waals surface area (Å²) in [5.74, 6) is -2.72. The third kappa shape index (κ3) is 5.89. The number of carbonyl (C=O) groups excluding carboxylic acids is 1. The molecule has 0 saturated heterocycles. The van der Waals surface area contributed by atoms with E-state index in [4.69, 9.17) is 5.11 Å². The van der Waals surface area contributed by atoms with Gasteiger partial charge in [0.2, 0.25) is 5.91 Å². The highest BCUT2D eigenvalue weighted by molar-refractivity contribution is 5.83. The number of hydrogen-bond acceptors (Lipinski definition) is 2. The van der Waals surface area contributed by atoms with Crippen LogP contribution in [-0.4, -0.2) is 23.0 Å². The summed E-state index contributed by atoms with van der Waals surface area (Å²) >= 11 is 0. The molecule has 0 saturated carbocycles. The van der Waals surface area contributed by atoms with Gasteiger partial charge < -0.3 is 10.4 Å². The molecule has 2 N–H and O–H groups in total. The van der Waals surface area contributed by atoms with Crippen molar-refractivity contribution in [2.45, 2.75) is 45.1 Å². The van der Waals surface area contributed by atoms with Gasteiger partial charge in [-0.05, 0) is 36.6 Å². The van der Waals surface area contributed by atoms with E-state index in [2.05, 4.69) is 5.32 Å². The maximum atomic E-state index is 13.4. The Morgan fingerprint density at radius 1 is 1.33 bits per heavy atom. The van der Waals surface area contributed by atoms with E-state index in [9.17, 15) is 18.4 Å². The molecule has 1 unspecified atom stereocenters. The van der Waals surface area contributed by atoms with Gasteiger partial charge in [-0.15, -0.1) is 0 Å². The lowest BCUT2D eigenvalue weighted by molar-refractivity contribution is -0.142. The Morgan fingerprint density at radius 3 is 2.67 bits per heavy atom. The summed E-state index contributed by atoms with van der Waals surface area (Å²) in [7, 11) is 0. The Hall–Kier alpha value is -1.98. The van der Waals surface area contributed by atoms with E-state index in [1.165, 1.54) is 0 Å². The van der Waals surface area contributed by atoms with Crippen molar-refractivity contribution in [3.8, 4) is 0 Å². The van der Waals surface area contributed by atoms with E-state index in [0.717, 1.165) is 24.6 Å². The van der Waals surface area contributed by atoms with E-state index in [1.807, 2.05) is 6.92 Å². The highest BCUT2D eigenvalue weighted by Gasteiger charge is 2.19. The van der Waals surface area contributed by atoms with Crippen LogP contribution in [0.1, 0.15) is 38.2 Å². The van der Waals surface area contributed by atoms with Crippen molar-refractivity contribution in [1.29, 1.82) is 0 Å². The minimum absolute atomic E-state index is 0.0234. The van der Waals surface area contributed by atoms with Crippen molar-refractivity contribution in [2.24, 2.45) is 0 Å². The fourth-order valence-corrected chi connectivity index (χ4v) is 1.92. The maximum Gasteiger partial charge on any atom is 0.326 e. The first-order chi connectivity index (χ1) is 9.93. The number of amides is 1. The third-order valence-corrected chi connectivity index (χ3v) is 3.11. The Kier molecular flexibility index (Phi) is 6.78. The van der Waals surface area contributed by atoms with Crippen molar-refractivity contribution >= 4 is 11.9 Å². The van der Waals surface area contributed by atoms with Crippen LogP contribution in [0.15, 0.2) is 18.2 Å². The quantitative estimate of drug-likeness (QED) is 0.775. The lowest BCUT2D eigenvalue weighted by Gasteiger charge is -2.14. The number of carboxylic acids is 1. The lowest BCUT2D eigenvalue weighted by atomic mass is 10.1. The van der Waals surface area contributed by atoms with Gasteiger partial charge in [0.25, 0.3) is 0 Å². The summed E-state index contributed by atoms with van der Waals surface area (Å²) in [6.07, 6.45) is 1.81. The van der Waals surface area contributed by atoms with Crippen LogP contribution in [0.3, 0.4) is 0 Å². The maximum absolute atomic E-state index is 13.4. The Balaban J connectivity index is 2.52. The molecule has 21 heavy (non-hydrogen) atoms. The molecule has 6 heteroatoms. The molecule has 0 fully saturated rings. The summed E-state index contributed by atoms with van der Waals surface area (Å²) in [6, 6.07) is 2.11. The Morgan fingerprint density at radius 2 is 2.05 bits per heavy atom. The van der Waals surface area contributed by atoms with Gasteiger partial charge in [-0.2, -0.15) is 0 Å². The van der Waals surface area contributed by atoms with Crippen LogP contribution >= 0.6 is 0 Å². The zero-order chi connectivity index (χ0) is 15.8. The third-order valence-electron chi connectivity index (χ3n) is 3.11. The first-order valence-corrected chi connectivity index (χ1v) is 6.90. The number of halogens is 2. The molecule has 0 heterocycles. The second-order valence-electron chi connectivity index (χ2n) is 4.84. The predicted octanol–water partition coefficient (Wildman–Crippen LogP) is 2.66. The van der Waals surface area contributed by atoms with Crippen molar-refractivity contribution in [2.75, 3.05) is 0 Å². The first kappa shape index (κ1) is 17.1. The molecule has 0 spiro atoms. The minimum Gasteiger partial charge on any atom is -0.480 e. The number of aliphatic carboxylic acids is 1. The van der Waals surface area contributed by atoms with E-state index in [0.29, 0.717) is 12.8 Å². The van der Waals surface area contributed by atoms with Gasteiger partial charge in [0, 0.05) is 6.42 Å². The molecule has 0 bridgehead atoms. The standard InChI is InChI=1S/C15H19F2NO3/c1-2-3-4-13(15(20)21)18-14(19)8-5-10-9-11(16)6-7-12(10)17/h6-7,9,13H,2-5,8H2,1H3,(H,18,19)(H,20,21). The van der Waals surface area contributed by atoms with Crippen LogP contribution in [0, 0.1) is 11.6 Å². The number of aryl methyl sites for hydroxylation is 1. The van der Waals surface area contributed by atoms with E-state index < -0.39 is 29.6 Å². The number of carboxylic acid groups (broad SMARTS) is 1. The zero-order valence-electron chi connectivity index (χ0n) is 11.9. The molecular weight excluding hydrogens is 280 g/mol. The molecule has 0 aromatic heterocycles. The molecular formula is C15H19F2NO3. The average molecular weight is 299 g/mol. The summed E-state index contributed by atoms with van der Waals surface area (Å²) in [6.45, 7) is 1.92. The zero-order valence-corrected chi connectivity index (χ0v) is 11.9. The molecule has 1 rings (SSSR count). The molecule has 116 valence electrons. The fraction of sp³-hybridized carbons (Fsp3) is 0.467. The molecule has 1 amide bonds. The molecule has 1 aromatic rings. The van der Waals surface area contributed by atoms with Gasteiger partial charge in [-0.3, -0.25) is 4.79 Å². The van der Waals surface area contributed by atoms with Gasteiger partial charge in [-0.1, -0.05) is 19.8 Å². The van der Waals surface area contributed by atoms with E-state index >= 15 is 0 Å². The highest BCUT2D eigenvalue weighted by Crippen LogP contribution is 2.12. The minimum atomic E-state index is -1.09. The smallest absolute Gasteiger partial charge is 0.326 e. The Bertz CT molecular complexity index is 506. The van der Waals surface area contributed by atoms with Gasteiger partial charge >= 0.3 is 5.97 Å². The summed E-state index contributed by atoms with van der Waals surface area (Å²) in [5, 5.41) is 11.4. The van der Waals surface area contributed by atoms with Gasteiger partial charge in [-0.25, -0.2) is 13.6 Å². The van der Waals surface area contributed by atoms with Crippen molar-refractivity contribution < 1.29 is 23.5 Å². The van der Waals surface area contributed by atoms with Crippen LogP contribution in [0.5, 0.6) is 0 Å². The molecule has 0 aliphatic rings. The van der Waals surface area contributed by atoms with Crippen LogP contribution in [-0.2, 0) is 16.0 Å². The number of nitrogens with one attached hydrogen (secondary N) is 1. The van der Waals surface area contributed by atoms with E-state index in [1.54, 1.807) is 0 Å². The summed E-state index contributed by atoms with van der Waals surface area (Å²) < 4.78 is 26.4. The number of carbonyl (C=O) groups is 2. The molecule has 0 aliphatic heterocycles. The molecule has 4 nitrogen and oxygen atoms in total. The molecule has 1 aromatic carbocycles. The highest BCUT2D eigenvalue weighted by atomic mass is 19.1. The number of hydrogen-bond donors (Lipinski definition) is 2. The Labute approximate surface area is 122 Å². The number of benzene rings is 1. The van der Waals surface area contributed by atoms with Crippen LogP contribution in [0.2, 0.25) is 0 Å². The molecule has 0 aliphatic carbocycles. The SMILES string of the molecule is CCCCC(NC(=O)CCc1cc(F)ccc1F)C(=O)O. The lowest BCUT2D eigenvalue weighted by Crippen LogP contribution is -2.40. The topological polar surface area (TPSA) is 66.4 Å². The van der Waals surface area contributed by atoms with Crippen LogP contribution in [0.25, 0.3) is 0 Å². The fourth-order valence-electron chi connectivity index (χ4n) is 1.92. The number of unbranched alkanes of at least 4 members (excludes halogenated alkanes) is 1. The predicted molar refractivity (Wildman–Crippen MR) is 73.8 cm³/mol. The second kappa shape index (κ2) is 8.34. The largest absolute Gasteiger partial charge is 0.480 e. The van der Waals surface area contributed by atoms with Crippen molar-refractivity contribution in [3.63, 3.8) is 0 Å². The van der Waals surface area contributed by atoms with Gasteiger partial charge in [0.15, 0.2) is 0 Å². The first-order valence-electron chi connectivity index (χ1n) is 6.90. The average Bonchev–Trinajstić information content (AvgIpc) is 2.44. The second-order valence-corrected chi connectivity index (χ2v) is 4.84. The van der Waals surface area contributed by atoms with Gasteiger partial charge in [0.05, 0.1) is 0 Å². The van der Waals surface area contributed by atoms with E-state index in [-0.39, 0.29) is 18.4 Å². The molecule has 0 radical (unpaired) electrons. The monoisotopic (exact) mass is 299 g/mol. The van der Waals surface area contributed by atoms with Crippen LogP contribution in [0.4, 0.5) is 8.78 Å². The molecule has 1 atom stereocenters. The van der Waals surface area contributed by atoms with Gasteiger partial charge in [0.1, 0.15) is 17.7 Å².